The van der Waals surface area contributed by atoms with Crippen molar-refractivity contribution in [2.24, 2.45) is 0 Å². The number of hydrogen-bond acceptors (Lipinski definition) is 3. The summed E-state index contributed by atoms with van der Waals surface area (Å²) in [4.78, 5) is 27.1. The van der Waals surface area contributed by atoms with Gasteiger partial charge in [0.1, 0.15) is 0 Å². The van der Waals surface area contributed by atoms with Crippen molar-refractivity contribution in [2.45, 2.75) is 24.9 Å². The molecular weight excluding hydrogens is 228 g/mol. The van der Waals surface area contributed by atoms with E-state index in [2.05, 4.69) is 10.3 Å². The number of rotatable bonds is 0. The zero-order valence-electron chi connectivity index (χ0n) is 9.69. The van der Waals surface area contributed by atoms with Crippen LogP contribution in [-0.4, -0.2) is 28.6 Å². The van der Waals surface area contributed by atoms with Gasteiger partial charge < -0.3 is 4.98 Å². The summed E-state index contributed by atoms with van der Waals surface area (Å²) >= 11 is 0. The lowest BCUT2D eigenvalue weighted by molar-refractivity contribution is -0.119. The minimum Gasteiger partial charge on any atom is -0.367 e. The van der Waals surface area contributed by atoms with Crippen LogP contribution in [0.1, 0.15) is 17.5 Å². The van der Waals surface area contributed by atoms with Crippen LogP contribution in [0.5, 0.6) is 0 Å². The van der Waals surface area contributed by atoms with Crippen LogP contribution in [0.25, 0.3) is 5.57 Å². The van der Waals surface area contributed by atoms with E-state index < -0.39 is 0 Å². The second-order valence-electron chi connectivity index (χ2n) is 5.02. The highest BCUT2D eigenvalue weighted by atomic mass is 16.1. The van der Waals surface area contributed by atoms with Crippen LogP contribution < -0.4 is 5.32 Å². The summed E-state index contributed by atoms with van der Waals surface area (Å²) in [7, 11) is 0. The van der Waals surface area contributed by atoms with Crippen LogP contribution in [0, 0.1) is 0 Å². The van der Waals surface area contributed by atoms with Crippen LogP contribution in [0.15, 0.2) is 30.1 Å². The van der Waals surface area contributed by atoms with E-state index in [4.69, 9.17) is 0 Å². The lowest BCUT2D eigenvalue weighted by Crippen LogP contribution is -2.43. The SMILES string of the molecule is O=C1C=CCC2=C3c4c[nH]cc4CC(=O)C3NC12. The third-order valence-corrected chi connectivity index (χ3v) is 4.03. The molecule has 0 saturated carbocycles. The number of ketones is 2. The summed E-state index contributed by atoms with van der Waals surface area (Å²) in [5.41, 5.74) is 4.25. The van der Waals surface area contributed by atoms with Crippen molar-refractivity contribution < 1.29 is 9.59 Å². The van der Waals surface area contributed by atoms with Gasteiger partial charge in [-0.3, -0.25) is 14.9 Å². The van der Waals surface area contributed by atoms with Crippen LogP contribution >= 0.6 is 0 Å². The molecule has 0 bridgehead atoms. The highest BCUT2D eigenvalue weighted by molar-refractivity contribution is 6.09. The molecule has 4 heteroatoms. The second kappa shape index (κ2) is 3.29. The predicted octanol–water partition coefficient (Wildman–Crippen LogP) is 0.763. The number of carbonyl (C=O) groups excluding carboxylic acids is 2. The third kappa shape index (κ3) is 1.13. The number of carbonyl (C=O) groups is 2. The average Bonchev–Trinajstić information content (AvgIpc) is 2.93. The maximum atomic E-state index is 12.1. The molecule has 2 heterocycles. The molecule has 1 aromatic rings. The molecular formula is C14H12N2O2. The van der Waals surface area contributed by atoms with Gasteiger partial charge in [-0.25, -0.2) is 0 Å². The number of fused-ring (bicyclic) bond motifs is 4. The molecule has 0 fully saturated rings. The molecule has 0 radical (unpaired) electrons. The molecule has 0 aromatic carbocycles. The van der Waals surface area contributed by atoms with E-state index in [-0.39, 0.29) is 23.7 Å². The molecule has 0 amide bonds. The first-order valence-electron chi connectivity index (χ1n) is 6.14. The molecule has 2 unspecified atom stereocenters. The molecule has 2 N–H and O–H groups in total. The van der Waals surface area contributed by atoms with Gasteiger partial charge in [0.25, 0.3) is 0 Å². The molecule has 1 aromatic heterocycles. The van der Waals surface area contributed by atoms with E-state index in [0.717, 1.165) is 28.7 Å². The van der Waals surface area contributed by atoms with E-state index >= 15 is 0 Å². The number of H-pyrrole nitrogens is 1. The minimum atomic E-state index is -0.294. The molecule has 3 aliphatic rings. The number of aromatic amines is 1. The summed E-state index contributed by atoms with van der Waals surface area (Å²) in [6.07, 6.45) is 8.52. The minimum absolute atomic E-state index is 0.0584. The first-order valence-corrected chi connectivity index (χ1v) is 6.14. The van der Waals surface area contributed by atoms with Crippen LogP contribution in [-0.2, 0) is 16.0 Å². The van der Waals surface area contributed by atoms with Gasteiger partial charge in [0.05, 0.1) is 12.1 Å². The van der Waals surface area contributed by atoms with E-state index in [9.17, 15) is 9.59 Å². The summed E-state index contributed by atoms with van der Waals surface area (Å²) in [6.45, 7) is 0. The van der Waals surface area contributed by atoms with E-state index in [1.807, 2.05) is 18.5 Å². The Morgan fingerprint density at radius 2 is 2.06 bits per heavy atom. The highest BCUT2D eigenvalue weighted by Crippen LogP contribution is 2.39. The molecule has 1 aliphatic heterocycles. The van der Waals surface area contributed by atoms with Gasteiger partial charge in [-0.05, 0) is 29.2 Å². The summed E-state index contributed by atoms with van der Waals surface area (Å²) in [6, 6.07) is -0.586. The molecule has 4 rings (SSSR count). The topological polar surface area (TPSA) is 62.0 Å². The largest absolute Gasteiger partial charge is 0.367 e. The van der Waals surface area contributed by atoms with Crippen molar-refractivity contribution in [3.05, 3.63) is 41.2 Å². The number of aromatic nitrogens is 1. The molecule has 0 spiro atoms. The van der Waals surface area contributed by atoms with Crippen molar-refractivity contribution >= 4 is 17.1 Å². The first-order chi connectivity index (χ1) is 8.75. The van der Waals surface area contributed by atoms with Gasteiger partial charge in [-0.1, -0.05) is 6.08 Å². The van der Waals surface area contributed by atoms with Gasteiger partial charge in [0, 0.05) is 24.4 Å². The number of hydrogen-bond donors (Lipinski definition) is 2. The third-order valence-electron chi connectivity index (χ3n) is 4.03. The predicted molar refractivity (Wildman–Crippen MR) is 65.9 cm³/mol. The van der Waals surface area contributed by atoms with Gasteiger partial charge in [-0.15, -0.1) is 0 Å². The molecule has 4 nitrogen and oxygen atoms in total. The van der Waals surface area contributed by atoms with Crippen LogP contribution in [0.2, 0.25) is 0 Å². The zero-order valence-corrected chi connectivity index (χ0v) is 9.69. The van der Waals surface area contributed by atoms with Crippen molar-refractivity contribution in [2.75, 3.05) is 0 Å². The quantitative estimate of drug-likeness (QED) is 0.704. The number of Topliss-reactive ketones (excluding diaryl/α,β-unsaturated/α-hetero) is 1. The number of nitrogens with one attached hydrogen (secondary N) is 2. The molecule has 2 atom stereocenters. The lowest BCUT2D eigenvalue weighted by Gasteiger charge is -2.20. The van der Waals surface area contributed by atoms with Crippen molar-refractivity contribution in [3.8, 4) is 0 Å². The fraction of sp³-hybridized carbons (Fsp3) is 0.286. The molecule has 0 saturated heterocycles. The lowest BCUT2D eigenvalue weighted by atomic mass is 9.83. The zero-order chi connectivity index (χ0) is 12.3. The highest BCUT2D eigenvalue weighted by Gasteiger charge is 2.43. The summed E-state index contributed by atoms with van der Waals surface area (Å²) in [5.74, 6) is 0.217. The molecule has 18 heavy (non-hydrogen) atoms. The van der Waals surface area contributed by atoms with Crippen LogP contribution in [0.3, 0.4) is 0 Å². The second-order valence-corrected chi connectivity index (χ2v) is 5.02. The maximum Gasteiger partial charge on any atom is 0.176 e. The van der Waals surface area contributed by atoms with E-state index in [1.165, 1.54) is 0 Å². The van der Waals surface area contributed by atoms with Crippen LogP contribution in [0.4, 0.5) is 0 Å². The fourth-order valence-corrected chi connectivity index (χ4v) is 3.24. The number of allylic oxidation sites excluding steroid dienone is 1. The maximum absolute atomic E-state index is 12.1. The Hall–Kier alpha value is -1.94. The van der Waals surface area contributed by atoms with Gasteiger partial charge >= 0.3 is 0 Å². The Morgan fingerprint density at radius 1 is 1.17 bits per heavy atom. The standard InChI is InChI=1S/C14H12N2O2/c17-10-3-1-2-8-12-9-6-15-5-7(9)4-11(18)14(12)16-13(8)10/h1,3,5-6,13-16H,2,4H2. The Kier molecular flexibility index (Phi) is 1.84. The molecule has 2 aliphatic carbocycles. The van der Waals surface area contributed by atoms with Gasteiger partial charge in [0.2, 0.25) is 0 Å². The Morgan fingerprint density at radius 3 is 2.94 bits per heavy atom. The van der Waals surface area contributed by atoms with Crippen molar-refractivity contribution in [1.82, 2.24) is 10.3 Å². The Labute approximate surface area is 104 Å². The Bertz CT molecular complexity index is 636. The van der Waals surface area contributed by atoms with Gasteiger partial charge in [0.15, 0.2) is 11.6 Å². The van der Waals surface area contributed by atoms with Crippen molar-refractivity contribution in [3.63, 3.8) is 0 Å². The van der Waals surface area contributed by atoms with Gasteiger partial charge in [-0.2, -0.15) is 0 Å². The first kappa shape index (κ1) is 10.0. The smallest absolute Gasteiger partial charge is 0.176 e. The van der Waals surface area contributed by atoms with Crippen molar-refractivity contribution in [1.29, 1.82) is 0 Å². The fourth-order valence-electron chi connectivity index (χ4n) is 3.24. The molecule has 90 valence electrons. The summed E-state index contributed by atoms with van der Waals surface area (Å²) in [5, 5.41) is 3.19. The monoisotopic (exact) mass is 240 g/mol. The van der Waals surface area contributed by atoms with E-state index in [1.54, 1.807) is 6.08 Å². The Balaban J connectivity index is 1.96. The normalized spacial score (nSPS) is 29.3. The van der Waals surface area contributed by atoms with E-state index in [0.29, 0.717) is 6.42 Å². The summed E-state index contributed by atoms with van der Waals surface area (Å²) < 4.78 is 0. The average molecular weight is 240 g/mol.